The molecule has 1 N–H and O–H groups in total. The molecular weight excluding hydrogens is 426 g/mol. The Balaban J connectivity index is 1.61. The van der Waals surface area contributed by atoms with E-state index < -0.39 is 15.1 Å². The van der Waals surface area contributed by atoms with Crippen LogP contribution in [0.25, 0.3) is 0 Å². The van der Waals surface area contributed by atoms with Crippen LogP contribution < -0.4 is 5.32 Å². The molecular formula is C24H31N3O4S. The maximum Gasteiger partial charge on any atom is 0.255 e. The summed E-state index contributed by atoms with van der Waals surface area (Å²) in [4.78, 5) is 29.3. The average molecular weight is 458 g/mol. The summed E-state index contributed by atoms with van der Waals surface area (Å²) in [6.07, 6.45) is 0.839. The quantitative estimate of drug-likeness (QED) is 0.691. The number of nitrogens with one attached hydrogen (secondary N) is 1. The molecule has 0 radical (unpaired) electrons. The summed E-state index contributed by atoms with van der Waals surface area (Å²) >= 11 is 0. The van der Waals surface area contributed by atoms with Crippen molar-refractivity contribution in [3.05, 3.63) is 59.7 Å². The Morgan fingerprint density at radius 3 is 2.25 bits per heavy atom. The van der Waals surface area contributed by atoms with E-state index in [-0.39, 0.29) is 28.8 Å². The summed E-state index contributed by atoms with van der Waals surface area (Å²) in [5, 5.41) is 2.37. The number of para-hydroxylation sites is 1. The van der Waals surface area contributed by atoms with Gasteiger partial charge in [0.2, 0.25) is 5.91 Å². The molecule has 0 aliphatic carbocycles. The van der Waals surface area contributed by atoms with E-state index in [0.717, 1.165) is 17.7 Å². The minimum Gasteiger partial charge on any atom is -0.336 e. The molecule has 8 heteroatoms. The minimum atomic E-state index is -3.56. The van der Waals surface area contributed by atoms with Crippen LogP contribution in [-0.4, -0.2) is 68.0 Å². The predicted octanol–water partition coefficient (Wildman–Crippen LogP) is 2.83. The maximum atomic E-state index is 13.1. The van der Waals surface area contributed by atoms with Gasteiger partial charge in [0.25, 0.3) is 5.91 Å². The number of rotatable bonds is 7. The third kappa shape index (κ3) is 5.37. The molecule has 172 valence electrons. The third-order valence-corrected chi connectivity index (χ3v) is 7.95. The van der Waals surface area contributed by atoms with Gasteiger partial charge in [-0.2, -0.15) is 0 Å². The summed E-state index contributed by atoms with van der Waals surface area (Å²) in [5.74, 6) is -0.371. The highest BCUT2D eigenvalue weighted by molar-refractivity contribution is 7.92. The van der Waals surface area contributed by atoms with Crippen LogP contribution in [0, 0.1) is 0 Å². The largest absolute Gasteiger partial charge is 0.336 e. The first kappa shape index (κ1) is 23.9. The zero-order valence-electron chi connectivity index (χ0n) is 18.9. The van der Waals surface area contributed by atoms with Gasteiger partial charge in [0.1, 0.15) is 0 Å². The Kier molecular flexibility index (Phi) is 7.69. The number of nitrogens with zero attached hydrogens (tertiary/aromatic N) is 2. The van der Waals surface area contributed by atoms with Gasteiger partial charge in [-0.25, -0.2) is 8.42 Å². The number of aryl methyl sites for hydroxylation is 1. The van der Waals surface area contributed by atoms with Gasteiger partial charge in [0, 0.05) is 31.9 Å². The normalized spacial score (nSPS) is 15.1. The first-order valence-corrected chi connectivity index (χ1v) is 12.5. The molecule has 1 saturated heterocycles. The Morgan fingerprint density at radius 2 is 1.59 bits per heavy atom. The van der Waals surface area contributed by atoms with Gasteiger partial charge in [0.05, 0.1) is 22.3 Å². The topological polar surface area (TPSA) is 86.8 Å². The molecule has 0 unspecified atom stereocenters. The second-order valence-corrected chi connectivity index (χ2v) is 10.7. The van der Waals surface area contributed by atoms with Crippen molar-refractivity contribution in [3.63, 3.8) is 0 Å². The number of amides is 2. The zero-order chi connectivity index (χ0) is 23.3. The lowest BCUT2D eigenvalue weighted by molar-refractivity contribution is -0.117. The number of piperazine rings is 1. The van der Waals surface area contributed by atoms with Crippen LogP contribution in [0.5, 0.6) is 0 Å². The molecule has 1 fully saturated rings. The SMILES string of the molecule is CCc1ccccc1NC(=O)CN1CCN(C(=O)c2ccccc2S(=O)(=O)C(C)C)CC1. The number of carbonyl (C=O) groups is 2. The molecule has 2 aromatic rings. The lowest BCUT2D eigenvalue weighted by Gasteiger charge is -2.34. The molecule has 3 rings (SSSR count). The zero-order valence-corrected chi connectivity index (χ0v) is 19.7. The molecule has 7 nitrogen and oxygen atoms in total. The summed E-state index contributed by atoms with van der Waals surface area (Å²) in [6.45, 7) is 7.49. The van der Waals surface area contributed by atoms with Crippen molar-refractivity contribution in [2.75, 3.05) is 38.0 Å². The molecule has 2 aromatic carbocycles. The molecule has 1 heterocycles. The second kappa shape index (κ2) is 10.3. The maximum absolute atomic E-state index is 13.1. The highest BCUT2D eigenvalue weighted by Gasteiger charge is 2.29. The number of hydrogen-bond acceptors (Lipinski definition) is 5. The Labute approximate surface area is 190 Å². The van der Waals surface area contributed by atoms with E-state index in [2.05, 4.69) is 5.32 Å². The fraction of sp³-hybridized carbons (Fsp3) is 0.417. The molecule has 0 saturated carbocycles. The van der Waals surface area contributed by atoms with Crippen molar-refractivity contribution in [1.82, 2.24) is 9.80 Å². The molecule has 0 atom stereocenters. The average Bonchev–Trinajstić information content (AvgIpc) is 2.79. The fourth-order valence-corrected chi connectivity index (χ4v) is 5.01. The van der Waals surface area contributed by atoms with Crippen LogP contribution in [0.2, 0.25) is 0 Å². The molecule has 0 bridgehead atoms. The number of carbonyl (C=O) groups excluding carboxylic acids is 2. The van der Waals surface area contributed by atoms with Gasteiger partial charge in [-0.05, 0) is 44.0 Å². The van der Waals surface area contributed by atoms with Crippen LogP contribution in [0.1, 0.15) is 36.7 Å². The van der Waals surface area contributed by atoms with Crippen molar-refractivity contribution in [2.24, 2.45) is 0 Å². The summed E-state index contributed by atoms with van der Waals surface area (Å²) in [6, 6.07) is 14.1. The van der Waals surface area contributed by atoms with Crippen LogP contribution >= 0.6 is 0 Å². The van der Waals surface area contributed by atoms with Gasteiger partial charge in [-0.1, -0.05) is 37.3 Å². The Bertz CT molecular complexity index is 1070. The highest BCUT2D eigenvalue weighted by atomic mass is 32.2. The first-order chi connectivity index (χ1) is 15.2. The number of anilines is 1. The van der Waals surface area contributed by atoms with E-state index in [1.54, 1.807) is 36.9 Å². The predicted molar refractivity (Wildman–Crippen MR) is 126 cm³/mol. The van der Waals surface area contributed by atoms with E-state index in [1.165, 1.54) is 6.07 Å². The van der Waals surface area contributed by atoms with Crippen LogP contribution in [-0.2, 0) is 21.1 Å². The molecule has 1 aliphatic rings. The lowest BCUT2D eigenvalue weighted by Crippen LogP contribution is -2.50. The number of benzene rings is 2. The van der Waals surface area contributed by atoms with Gasteiger partial charge in [0.15, 0.2) is 9.84 Å². The smallest absolute Gasteiger partial charge is 0.255 e. The second-order valence-electron chi connectivity index (χ2n) is 8.22. The van der Waals surface area contributed by atoms with Crippen molar-refractivity contribution in [3.8, 4) is 0 Å². The summed E-state index contributed by atoms with van der Waals surface area (Å²) in [5.41, 5.74) is 2.13. The molecule has 2 amide bonds. The summed E-state index contributed by atoms with van der Waals surface area (Å²) in [7, 11) is -3.56. The molecule has 32 heavy (non-hydrogen) atoms. The number of hydrogen-bond donors (Lipinski definition) is 1. The molecule has 0 aromatic heterocycles. The summed E-state index contributed by atoms with van der Waals surface area (Å²) < 4.78 is 25.4. The van der Waals surface area contributed by atoms with Crippen molar-refractivity contribution in [2.45, 2.75) is 37.3 Å². The van der Waals surface area contributed by atoms with Gasteiger partial charge in [-0.15, -0.1) is 0 Å². The standard InChI is InChI=1S/C24H31N3O4S/c1-4-19-9-5-7-11-21(19)25-23(28)17-26-13-15-27(16-14-26)24(29)20-10-6-8-12-22(20)32(30,31)18(2)3/h5-12,18H,4,13-17H2,1-3H3,(H,25,28). The Morgan fingerprint density at radius 1 is 0.969 bits per heavy atom. The highest BCUT2D eigenvalue weighted by Crippen LogP contribution is 2.22. The van der Waals surface area contributed by atoms with Crippen molar-refractivity contribution >= 4 is 27.3 Å². The minimum absolute atomic E-state index is 0.0800. The van der Waals surface area contributed by atoms with Crippen molar-refractivity contribution < 1.29 is 18.0 Å². The van der Waals surface area contributed by atoms with Crippen LogP contribution in [0.4, 0.5) is 5.69 Å². The number of sulfone groups is 1. The third-order valence-electron chi connectivity index (χ3n) is 5.74. The van der Waals surface area contributed by atoms with Crippen LogP contribution in [0.3, 0.4) is 0 Å². The van der Waals surface area contributed by atoms with Crippen LogP contribution in [0.15, 0.2) is 53.4 Å². The van der Waals surface area contributed by atoms with Crippen molar-refractivity contribution in [1.29, 1.82) is 0 Å². The van der Waals surface area contributed by atoms with E-state index in [1.807, 2.05) is 36.1 Å². The fourth-order valence-electron chi connectivity index (χ4n) is 3.77. The molecule has 0 spiro atoms. The van der Waals surface area contributed by atoms with E-state index in [4.69, 9.17) is 0 Å². The lowest BCUT2D eigenvalue weighted by atomic mass is 10.1. The van der Waals surface area contributed by atoms with E-state index in [0.29, 0.717) is 26.2 Å². The van der Waals surface area contributed by atoms with Gasteiger partial charge in [-0.3, -0.25) is 14.5 Å². The monoisotopic (exact) mass is 457 g/mol. The molecule has 1 aliphatic heterocycles. The Hall–Kier alpha value is -2.71. The van der Waals surface area contributed by atoms with Gasteiger partial charge >= 0.3 is 0 Å². The van der Waals surface area contributed by atoms with Gasteiger partial charge < -0.3 is 10.2 Å². The van der Waals surface area contributed by atoms with E-state index in [9.17, 15) is 18.0 Å². The first-order valence-electron chi connectivity index (χ1n) is 11.0. The van der Waals surface area contributed by atoms with E-state index >= 15 is 0 Å².